The number of aryl methyl sites for hydroxylation is 3. The molecule has 0 heterocycles. The molecule has 138 valence electrons. The van der Waals surface area contributed by atoms with Gasteiger partial charge in [0.25, 0.3) is 0 Å². The first-order valence-corrected chi connectivity index (χ1v) is 9.62. The average Bonchev–Trinajstić information content (AvgIpc) is 2.62. The molecule has 0 atom stereocenters. The SMILES string of the molecule is Cc1cccc(C)c1NC(=O)CNC(=O)CCCCc1ccc(Br)cc1. The molecule has 0 spiro atoms. The lowest BCUT2D eigenvalue weighted by Gasteiger charge is -2.12. The number of unbranched alkanes of at least 4 members (excludes halogenated alkanes) is 1. The minimum atomic E-state index is -0.203. The Bertz CT molecular complexity index is 737. The molecule has 0 bridgehead atoms. The van der Waals surface area contributed by atoms with Crippen LogP contribution in [-0.4, -0.2) is 18.4 Å². The van der Waals surface area contributed by atoms with Crippen molar-refractivity contribution in [1.82, 2.24) is 5.32 Å². The minimum Gasteiger partial charge on any atom is -0.347 e. The third-order valence-corrected chi connectivity index (χ3v) is 4.75. The first-order chi connectivity index (χ1) is 12.5. The number of carbonyl (C=O) groups excluding carboxylic acids is 2. The average molecular weight is 417 g/mol. The lowest BCUT2D eigenvalue weighted by Crippen LogP contribution is -2.33. The summed E-state index contributed by atoms with van der Waals surface area (Å²) in [5.74, 6) is -0.289. The van der Waals surface area contributed by atoms with Crippen molar-refractivity contribution in [2.45, 2.75) is 39.5 Å². The van der Waals surface area contributed by atoms with Crippen molar-refractivity contribution in [3.8, 4) is 0 Å². The van der Waals surface area contributed by atoms with E-state index in [4.69, 9.17) is 0 Å². The third-order valence-electron chi connectivity index (χ3n) is 4.22. The van der Waals surface area contributed by atoms with E-state index < -0.39 is 0 Å². The number of anilines is 1. The van der Waals surface area contributed by atoms with Crippen LogP contribution in [0.4, 0.5) is 5.69 Å². The van der Waals surface area contributed by atoms with Gasteiger partial charge in [0.15, 0.2) is 0 Å². The van der Waals surface area contributed by atoms with Crippen molar-refractivity contribution >= 4 is 33.4 Å². The molecule has 0 saturated carbocycles. The Morgan fingerprint density at radius 3 is 2.23 bits per heavy atom. The molecule has 2 amide bonds. The van der Waals surface area contributed by atoms with Crippen molar-refractivity contribution < 1.29 is 9.59 Å². The van der Waals surface area contributed by atoms with Gasteiger partial charge in [-0.1, -0.05) is 46.3 Å². The second-order valence-electron chi connectivity index (χ2n) is 6.43. The summed E-state index contributed by atoms with van der Waals surface area (Å²) in [7, 11) is 0. The van der Waals surface area contributed by atoms with Crippen molar-refractivity contribution in [1.29, 1.82) is 0 Å². The first-order valence-electron chi connectivity index (χ1n) is 8.83. The van der Waals surface area contributed by atoms with E-state index in [-0.39, 0.29) is 18.4 Å². The van der Waals surface area contributed by atoms with Crippen LogP contribution < -0.4 is 10.6 Å². The Hall–Kier alpha value is -2.14. The van der Waals surface area contributed by atoms with Crippen LogP contribution in [0.5, 0.6) is 0 Å². The van der Waals surface area contributed by atoms with Gasteiger partial charge in [-0.3, -0.25) is 9.59 Å². The summed E-state index contributed by atoms with van der Waals surface area (Å²) in [6.07, 6.45) is 3.14. The molecule has 0 aromatic heterocycles. The van der Waals surface area contributed by atoms with E-state index in [9.17, 15) is 9.59 Å². The van der Waals surface area contributed by atoms with Crippen LogP contribution in [0, 0.1) is 13.8 Å². The molecule has 0 aliphatic rings. The van der Waals surface area contributed by atoms with Crippen molar-refractivity contribution in [2.24, 2.45) is 0 Å². The standard InChI is InChI=1S/C21H25BrN2O2/c1-15-6-5-7-16(2)21(15)24-20(26)14-23-19(25)9-4-3-8-17-10-12-18(22)13-11-17/h5-7,10-13H,3-4,8-9,14H2,1-2H3,(H,23,25)(H,24,26). The van der Waals surface area contributed by atoms with Gasteiger partial charge >= 0.3 is 0 Å². The largest absolute Gasteiger partial charge is 0.347 e. The molecule has 2 aromatic rings. The predicted octanol–water partition coefficient (Wildman–Crippen LogP) is 4.53. The smallest absolute Gasteiger partial charge is 0.243 e. The zero-order chi connectivity index (χ0) is 18.9. The number of amides is 2. The Labute approximate surface area is 163 Å². The third kappa shape index (κ3) is 6.64. The highest BCUT2D eigenvalue weighted by Crippen LogP contribution is 2.19. The topological polar surface area (TPSA) is 58.2 Å². The highest BCUT2D eigenvalue weighted by molar-refractivity contribution is 9.10. The summed E-state index contributed by atoms with van der Waals surface area (Å²) < 4.78 is 1.07. The van der Waals surface area contributed by atoms with Gasteiger partial charge in [-0.05, 0) is 61.9 Å². The zero-order valence-electron chi connectivity index (χ0n) is 15.3. The monoisotopic (exact) mass is 416 g/mol. The fraction of sp³-hybridized carbons (Fsp3) is 0.333. The number of hydrogen-bond donors (Lipinski definition) is 2. The highest BCUT2D eigenvalue weighted by Gasteiger charge is 2.09. The fourth-order valence-electron chi connectivity index (χ4n) is 2.73. The Kier molecular flexibility index (Phi) is 7.85. The fourth-order valence-corrected chi connectivity index (χ4v) is 2.99. The number of halogens is 1. The summed E-state index contributed by atoms with van der Waals surface area (Å²) >= 11 is 3.42. The van der Waals surface area contributed by atoms with Crippen LogP contribution in [0.3, 0.4) is 0 Å². The molecular formula is C21H25BrN2O2. The Balaban J connectivity index is 1.65. The van der Waals surface area contributed by atoms with Gasteiger partial charge in [0.1, 0.15) is 0 Å². The van der Waals surface area contributed by atoms with E-state index in [1.807, 2.05) is 44.2 Å². The zero-order valence-corrected chi connectivity index (χ0v) is 16.9. The predicted molar refractivity (Wildman–Crippen MR) is 109 cm³/mol. The summed E-state index contributed by atoms with van der Waals surface area (Å²) in [6.45, 7) is 3.90. The maximum Gasteiger partial charge on any atom is 0.243 e. The number of nitrogens with one attached hydrogen (secondary N) is 2. The molecular weight excluding hydrogens is 392 g/mol. The lowest BCUT2D eigenvalue weighted by atomic mass is 10.1. The van der Waals surface area contributed by atoms with Crippen LogP contribution in [0.25, 0.3) is 0 Å². The highest BCUT2D eigenvalue weighted by atomic mass is 79.9. The van der Waals surface area contributed by atoms with Gasteiger partial charge < -0.3 is 10.6 Å². The normalized spacial score (nSPS) is 10.4. The van der Waals surface area contributed by atoms with Gasteiger partial charge in [0.05, 0.1) is 6.54 Å². The van der Waals surface area contributed by atoms with Gasteiger partial charge in [-0.25, -0.2) is 0 Å². The molecule has 4 nitrogen and oxygen atoms in total. The van der Waals surface area contributed by atoms with Gasteiger partial charge in [0, 0.05) is 16.6 Å². The molecule has 0 fully saturated rings. The summed E-state index contributed by atoms with van der Waals surface area (Å²) in [6, 6.07) is 14.1. The van der Waals surface area contributed by atoms with Crippen molar-refractivity contribution in [3.63, 3.8) is 0 Å². The maximum atomic E-state index is 12.0. The van der Waals surface area contributed by atoms with Crippen molar-refractivity contribution in [3.05, 3.63) is 63.6 Å². The molecule has 26 heavy (non-hydrogen) atoms. The summed E-state index contributed by atoms with van der Waals surface area (Å²) in [4.78, 5) is 23.9. The number of para-hydroxylation sites is 1. The van der Waals surface area contributed by atoms with E-state index in [1.165, 1.54) is 5.56 Å². The van der Waals surface area contributed by atoms with Crippen molar-refractivity contribution in [2.75, 3.05) is 11.9 Å². The molecule has 2 aromatic carbocycles. The second-order valence-corrected chi connectivity index (χ2v) is 7.34. The quantitative estimate of drug-likeness (QED) is 0.620. The molecule has 0 saturated heterocycles. The first kappa shape index (κ1) is 20.2. The van der Waals surface area contributed by atoms with Gasteiger partial charge in [-0.15, -0.1) is 0 Å². The van der Waals surface area contributed by atoms with Crippen LogP contribution >= 0.6 is 15.9 Å². The van der Waals surface area contributed by atoms with E-state index in [2.05, 4.69) is 38.7 Å². The molecule has 0 aliphatic heterocycles. The molecule has 2 rings (SSSR count). The van der Waals surface area contributed by atoms with Crippen LogP contribution in [-0.2, 0) is 16.0 Å². The second kappa shape index (κ2) is 10.1. The summed E-state index contributed by atoms with van der Waals surface area (Å²) in [5, 5.41) is 5.56. The van der Waals surface area contributed by atoms with E-state index in [0.717, 1.165) is 40.5 Å². The van der Waals surface area contributed by atoms with Crippen LogP contribution in [0.1, 0.15) is 36.0 Å². The molecule has 2 N–H and O–H groups in total. The number of rotatable bonds is 8. The Morgan fingerprint density at radius 2 is 1.58 bits per heavy atom. The van der Waals surface area contributed by atoms with E-state index in [1.54, 1.807) is 0 Å². The van der Waals surface area contributed by atoms with Gasteiger partial charge in [0.2, 0.25) is 11.8 Å². The number of hydrogen-bond acceptors (Lipinski definition) is 2. The molecule has 5 heteroatoms. The van der Waals surface area contributed by atoms with Crippen LogP contribution in [0.2, 0.25) is 0 Å². The molecule has 0 unspecified atom stereocenters. The Morgan fingerprint density at radius 1 is 0.923 bits per heavy atom. The number of carbonyl (C=O) groups is 2. The van der Waals surface area contributed by atoms with Crippen LogP contribution in [0.15, 0.2) is 46.9 Å². The molecule has 0 radical (unpaired) electrons. The maximum absolute atomic E-state index is 12.0. The number of benzene rings is 2. The van der Waals surface area contributed by atoms with E-state index >= 15 is 0 Å². The van der Waals surface area contributed by atoms with E-state index in [0.29, 0.717) is 6.42 Å². The molecule has 0 aliphatic carbocycles. The minimum absolute atomic E-state index is 0.000675. The lowest BCUT2D eigenvalue weighted by molar-refractivity contribution is -0.124. The van der Waals surface area contributed by atoms with Gasteiger partial charge in [-0.2, -0.15) is 0 Å². The summed E-state index contributed by atoms with van der Waals surface area (Å²) in [5.41, 5.74) is 4.11.